The van der Waals surface area contributed by atoms with Crippen molar-refractivity contribution in [1.82, 2.24) is 5.32 Å². The maximum absolute atomic E-state index is 3.58. The van der Waals surface area contributed by atoms with Crippen LogP contribution >= 0.6 is 0 Å². The minimum atomic E-state index is 1.07. The number of aryl methyl sites for hydroxylation is 1. The Morgan fingerprint density at radius 3 is 2.74 bits per heavy atom. The van der Waals surface area contributed by atoms with E-state index < -0.39 is 0 Å². The molecule has 2 nitrogen and oxygen atoms in total. The molecule has 0 spiro atoms. The van der Waals surface area contributed by atoms with Gasteiger partial charge in [-0.15, -0.1) is 0 Å². The lowest BCUT2D eigenvalue weighted by Crippen LogP contribution is -2.27. The Morgan fingerprint density at radius 1 is 1.00 bits per heavy atom. The maximum atomic E-state index is 3.58. The molecule has 0 amide bonds. The highest BCUT2D eigenvalue weighted by Crippen LogP contribution is 2.11. The van der Waals surface area contributed by atoms with Crippen LogP contribution in [0.15, 0.2) is 48.5 Å². The Balaban J connectivity index is 1.36. The number of hydrogen-bond donors (Lipinski definition) is 1. The topological polar surface area (TPSA) is 15.0 Å². The lowest BCUT2D eigenvalue weighted by molar-refractivity contribution is -0.524. The van der Waals surface area contributed by atoms with Gasteiger partial charge in [0.2, 0.25) is 0 Å². The first kappa shape index (κ1) is 15.9. The first-order valence-electron chi connectivity index (χ1n) is 8.75. The zero-order valence-electron chi connectivity index (χ0n) is 14.1. The molecule has 1 heterocycles. The van der Waals surface area contributed by atoms with Crippen molar-refractivity contribution in [2.45, 2.75) is 26.2 Å². The van der Waals surface area contributed by atoms with Crippen molar-refractivity contribution in [2.24, 2.45) is 0 Å². The van der Waals surface area contributed by atoms with Crippen LogP contribution in [0.3, 0.4) is 0 Å². The highest BCUT2D eigenvalue weighted by molar-refractivity contribution is 5.78. The molecule has 0 aromatic heterocycles. The molecule has 0 saturated carbocycles. The highest BCUT2D eigenvalue weighted by Gasteiger charge is 2.14. The lowest BCUT2D eigenvalue weighted by atomic mass is 10.0. The summed E-state index contributed by atoms with van der Waals surface area (Å²) in [5.74, 6) is 0. The standard InChI is InChI=1S/C21H27N2/c1-18-7-2-3-8-19(18)11-14-22-13-6-15-23-16-12-20-9-4-5-10-21(20)17-23/h2-5,7-10,17,22H,6,11-16H2,1H3/q+1. The van der Waals surface area contributed by atoms with E-state index >= 15 is 0 Å². The van der Waals surface area contributed by atoms with Crippen molar-refractivity contribution < 1.29 is 4.58 Å². The maximum Gasteiger partial charge on any atom is 0.170 e. The quantitative estimate of drug-likeness (QED) is 0.613. The molecular formula is C21H27N2+. The van der Waals surface area contributed by atoms with Gasteiger partial charge in [0.05, 0.1) is 0 Å². The Bertz CT molecular complexity index is 673. The zero-order valence-corrected chi connectivity index (χ0v) is 14.1. The summed E-state index contributed by atoms with van der Waals surface area (Å²) >= 11 is 0. The Morgan fingerprint density at radius 2 is 1.83 bits per heavy atom. The van der Waals surface area contributed by atoms with Crippen LogP contribution in [-0.2, 0) is 12.8 Å². The van der Waals surface area contributed by atoms with Crippen LogP contribution in [0.1, 0.15) is 28.7 Å². The van der Waals surface area contributed by atoms with Crippen LogP contribution in [0.5, 0.6) is 0 Å². The molecule has 0 radical (unpaired) electrons. The molecule has 0 atom stereocenters. The molecule has 23 heavy (non-hydrogen) atoms. The van der Waals surface area contributed by atoms with E-state index in [2.05, 4.69) is 71.6 Å². The van der Waals surface area contributed by atoms with Crippen molar-refractivity contribution in [1.29, 1.82) is 0 Å². The average Bonchev–Trinajstić information content (AvgIpc) is 2.59. The van der Waals surface area contributed by atoms with Gasteiger partial charge in [0.25, 0.3) is 0 Å². The van der Waals surface area contributed by atoms with Gasteiger partial charge in [-0.2, -0.15) is 0 Å². The fraction of sp³-hybridized carbons (Fsp3) is 0.381. The van der Waals surface area contributed by atoms with Crippen molar-refractivity contribution in [3.63, 3.8) is 0 Å². The lowest BCUT2D eigenvalue weighted by Gasteiger charge is -2.12. The molecule has 2 aromatic rings. The molecule has 2 aromatic carbocycles. The Hall–Kier alpha value is -1.93. The molecule has 1 N–H and O–H groups in total. The van der Waals surface area contributed by atoms with Gasteiger partial charge in [-0.25, -0.2) is 4.58 Å². The van der Waals surface area contributed by atoms with Crippen LogP contribution in [0, 0.1) is 6.92 Å². The minimum absolute atomic E-state index is 1.07. The predicted octanol–water partition coefficient (Wildman–Crippen LogP) is 3.20. The smallest absolute Gasteiger partial charge is 0.170 e. The van der Waals surface area contributed by atoms with E-state index in [9.17, 15) is 0 Å². The van der Waals surface area contributed by atoms with Gasteiger partial charge in [-0.1, -0.05) is 42.5 Å². The molecule has 0 bridgehead atoms. The summed E-state index contributed by atoms with van der Waals surface area (Å²) in [4.78, 5) is 0. The monoisotopic (exact) mass is 307 g/mol. The van der Waals surface area contributed by atoms with Gasteiger partial charge >= 0.3 is 0 Å². The third-order valence-electron chi connectivity index (χ3n) is 4.68. The first-order valence-corrected chi connectivity index (χ1v) is 8.75. The van der Waals surface area contributed by atoms with E-state index in [1.807, 2.05) is 0 Å². The summed E-state index contributed by atoms with van der Waals surface area (Å²) in [5.41, 5.74) is 5.74. The largest absolute Gasteiger partial charge is 0.316 e. The molecular weight excluding hydrogens is 280 g/mol. The number of rotatable bonds is 7. The summed E-state index contributed by atoms with van der Waals surface area (Å²) < 4.78 is 2.46. The molecule has 0 aliphatic carbocycles. The molecule has 0 saturated heterocycles. The van der Waals surface area contributed by atoms with Gasteiger partial charge in [-0.3, -0.25) is 0 Å². The summed E-state index contributed by atoms with van der Waals surface area (Å²) in [6, 6.07) is 17.4. The fourth-order valence-electron chi connectivity index (χ4n) is 3.24. The second kappa shape index (κ2) is 8.07. The van der Waals surface area contributed by atoms with Crippen molar-refractivity contribution in [3.8, 4) is 0 Å². The molecule has 0 fully saturated rings. The van der Waals surface area contributed by atoms with Gasteiger partial charge in [0.15, 0.2) is 6.21 Å². The van der Waals surface area contributed by atoms with E-state index in [-0.39, 0.29) is 0 Å². The second-order valence-electron chi connectivity index (χ2n) is 6.39. The fourth-order valence-corrected chi connectivity index (χ4v) is 3.24. The third-order valence-corrected chi connectivity index (χ3v) is 4.68. The van der Waals surface area contributed by atoms with E-state index in [1.54, 1.807) is 0 Å². The molecule has 3 rings (SSSR count). The number of nitrogens with one attached hydrogen (secondary N) is 1. The van der Waals surface area contributed by atoms with Crippen molar-refractivity contribution in [2.75, 3.05) is 26.2 Å². The summed E-state index contributed by atoms with van der Waals surface area (Å²) in [6.45, 7) is 6.65. The summed E-state index contributed by atoms with van der Waals surface area (Å²) in [5, 5.41) is 3.58. The van der Waals surface area contributed by atoms with Crippen LogP contribution in [0.2, 0.25) is 0 Å². The highest BCUT2D eigenvalue weighted by atomic mass is 15.0. The summed E-state index contributed by atoms with van der Waals surface area (Å²) in [6.07, 6.45) is 5.82. The number of hydrogen-bond acceptors (Lipinski definition) is 1. The molecule has 2 heteroatoms. The Labute approximate surface area is 139 Å². The summed E-state index contributed by atoms with van der Waals surface area (Å²) in [7, 11) is 0. The van der Waals surface area contributed by atoms with E-state index in [4.69, 9.17) is 0 Å². The number of nitrogens with zero attached hydrogens (tertiary/aromatic N) is 1. The number of benzene rings is 2. The number of fused-ring (bicyclic) bond motifs is 1. The Kier molecular flexibility index (Phi) is 5.60. The van der Waals surface area contributed by atoms with Crippen LogP contribution < -0.4 is 5.32 Å². The zero-order chi connectivity index (χ0) is 15.9. The molecule has 1 aliphatic rings. The first-order chi connectivity index (χ1) is 11.3. The van der Waals surface area contributed by atoms with Gasteiger partial charge in [0.1, 0.15) is 13.1 Å². The third kappa shape index (κ3) is 4.52. The molecule has 0 unspecified atom stereocenters. The normalized spacial score (nSPS) is 13.5. The van der Waals surface area contributed by atoms with Crippen molar-refractivity contribution >= 4 is 6.21 Å². The van der Waals surface area contributed by atoms with Gasteiger partial charge in [-0.05, 0) is 42.6 Å². The minimum Gasteiger partial charge on any atom is -0.316 e. The van der Waals surface area contributed by atoms with E-state index in [1.165, 1.54) is 35.1 Å². The van der Waals surface area contributed by atoms with E-state index in [0.29, 0.717) is 0 Å². The predicted molar refractivity (Wildman–Crippen MR) is 97.7 cm³/mol. The molecule has 120 valence electrons. The second-order valence-corrected chi connectivity index (χ2v) is 6.39. The van der Waals surface area contributed by atoms with Crippen LogP contribution in [0.4, 0.5) is 0 Å². The van der Waals surface area contributed by atoms with Crippen LogP contribution in [0.25, 0.3) is 0 Å². The average molecular weight is 307 g/mol. The van der Waals surface area contributed by atoms with Gasteiger partial charge in [0, 0.05) is 24.9 Å². The van der Waals surface area contributed by atoms with Crippen molar-refractivity contribution in [3.05, 3.63) is 70.8 Å². The molecule has 1 aliphatic heterocycles. The SMILES string of the molecule is Cc1ccccc1CCNCCC[N+]1=Cc2ccccc2CC1. The van der Waals surface area contributed by atoms with E-state index in [0.717, 1.165) is 32.6 Å². The van der Waals surface area contributed by atoms with Gasteiger partial charge < -0.3 is 5.32 Å². The van der Waals surface area contributed by atoms with Crippen LogP contribution in [-0.4, -0.2) is 37.0 Å².